The Hall–Kier alpha value is -4.12. The van der Waals surface area contributed by atoms with E-state index in [1.165, 1.54) is 0 Å². The monoisotopic (exact) mass is 534 g/mol. The van der Waals surface area contributed by atoms with Crippen LogP contribution >= 0.6 is 0 Å². The van der Waals surface area contributed by atoms with Crippen LogP contribution in [0.3, 0.4) is 0 Å². The first kappa shape index (κ1) is 24.2. The minimum atomic E-state index is -3.15. The van der Waals surface area contributed by atoms with E-state index in [2.05, 4.69) is 10.4 Å². The maximum absolute atomic E-state index is 13.7. The van der Waals surface area contributed by atoms with Crippen LogP contribution in [0.5, 0.6) is 17.2 Å². The molecular formula is C27H26N4O6S. The van der Waals surface area contributed by atoms with Gasteiger partial charge < -0.3 is 19.5 Å². The number of nitrogens with one attached hydrogen (secondary N) is 1. The second-order valence-corrected chi connectivity index (χ2v) is 11.6. The number of methoxy groups -OCH3 is 1. The van der Waals surface area contributed by atoms with Gasteiger partial charge in [0, 0.05) is 17.3 Å². The normalized spacial score (nSPS) is 17.9. The van der Waals surface area contributed by atoms with E-state index in [-0.39, 0.29) is 23.5 Å². The van der Waals surface area contributed by atoms with Gasteiger partial charge in [0.25, 0.3) is 5.91 Å². The van der Waals surface area contributed by atoms with Gasteiger partial charge in [-0.05, 0) is 55.8 Å². The molecule has 1 atom stereocenters. The van der Waals surface area contributed by atoms with Crippen LogP contribution in [0.4, 0.5) is 5.69 Å². The van der Waals surface area contributed by atoms with Gasteiger partial charge in [-0.25, -0.2) is 18.1 Å². The molecule has 4 heterocycles. The first-order valence-corrected chi connectivity index (χ1v) is 14.1. The molecule has 1 N–H and O–H groups in total. The summed E-state index contributed by atoms with van der Waals surface area (Å²) >= 11 is 0. The zero-order valence-electron chi connectivity index (χ0n) is 20.9. The van der Waals surface area contributed by atoms with Crippen molar-refractivity contribution in [3.05, 3.63) is 59.8 Å². The minimum absolute atomic E-state index is 0.00358. The Morgan fingerprint density at radius 2 is 1.84 bits per heavy atom. The number of carbonyl (C=O) groups excluding carboxylic acids is 1. The maximum Gasteiger partial charge on any atom is 0.256 e. The van der Waals surface area contributed by atoms with Crippen LogP contribution in [0.2, 0.25) is 0 Å². The molecule has 11 heteroatoms. The van der Waals surface area contributed by atoms with Crippen LogP contribution in [0.25, 0.3) is 22.3 Å². The van der Waals surface area contributed by atoms with Gasteiger partial charge >= 0.3 is 0 Å². The van der Waals surface area contributed by atoms with Crippen LogP contribution in [-0.2, 0) is 9.84 Å². The van der Waals surface area contributed by atoms with Crippen molar-refractivity contribution in [3.63, 3.8) is 0 Å². The highest BCUT2D eigenvalue weighted by Gasteiger charge is 2.32. The van der Waals surface area contributed by atoms with E-state index in [0.29, 0.717) is 70.6 Å². The molecule has 0 aliphatic carbocycles. The number of pyridine rings is 1. The first-order chi connectivity index (χ1) is 18.3. The maximum atomic E-state index is 13.7. The zero-order valence-corrected chi connectivity index (χ0v) is 21.7. The number of fused-ring (bicyclic) bond motifs is 2. The van der Waals surface area contributed by atoms with Gasteiger partial charge in [-0.2, -0.15) is 5.10 Å². The Bertz CT molecular complexity index is 1660. The fourth-order valence-corrected chi connectivity index (χ4v) is 6.64. The molecule has 10 nitrogen and oxygen atoms in total. The molecule has 0 spiro atoms. The Balaban J connectivity index is 1.46. The molecule has 2 aromatic carbocycles. The molecule has 38 heavy (non-hydrogen) atoms. The van der Waals surface area contributed by atoms with E-state index in [9.17, 15) is 13.2 Å². The number of ether oxygens (including phenoxy) is 3. The average Bonchev–Trinajstić information content (AvgIpc) is 3.46. The highest BCUT2D eigenvalue weighted by molar-refractivity contribution is 7.91. The van der Waals surface area contributed by atoms with Crippen molar-refractivity contribution >= 4 is 32.5 Å². The third-order valence-corrected chi connectivity index (χ3v) is 8.57. The summed E-state index contributed by atoms with van der Waals surface area (Å²) in [5.74, 6) is 1.66. The fourth-order valence-electron chi connectivity index (χ4n) is 4.94. The third kappa shape index (κ3) is 4.43. The number of hydrogen-bond acceptors (Lipinski definition) is 8. The fraction of sp³-hybridized carbons (Fsp3) is 0.296. The van der Waals surface area contributed by atoms with Crippen LogP contribution < -0.4 is 19.5 Å². The van der Waals surface area contributed by atoms with Crippen molar-refractivity contribution in [2.45, 2.75) is 19.4 Å². The summed E-state index contributed by atoms with van der Waals surface area (Å²) in [6, 6.07) is 14.0. The third-order valence-electron chi connectivity index (χ3n) is 6.82. The second-order valence-electron chi connectivity index (χ2n) is 9.38. The van der Waals surface area contributed by atoms with Crippen molar-refractivity contribution in [1.82, 2.24) is 14.8 Å². The van der Waals surface area contributed by atoms with Crippen molar-refractivity contribution in [1.29, 1.82) is 0 Å². The molecule has 1 saturated heterocycles. The summed E-state index contributed by atoms with van der Waals surface area (Å²) in [5, 5.41) is 8.21. The number of carbonyl (C=O) groups is 1. The lowest BCUT2D eigenvalue weighted by molar-refractivity contribution is 0.102. The van der Waals surface area contributed by atoms with Crippen molar-refractivity contribution in [2.24, 2.45) is 0 Å². The second kappa shape index (κ2) is 9.32. The lowest BCUT2D eigenvalue weighted by Gasteiger charge is -2.19. The predicted octanol–water partition coefficient (Wildman–Crippen LogP) is 3.80. The van der Waals surface area contributed by atoms with Gasteiger partial charge in [-0.15, -0.1) is 0 Å². The minimum Gasteiger partial charge on any atom is -0.497 e. The molecule has 1 fully saturated rings. The summed E-state index contributed by atoms with van der Waals surface area (Å²) in [7, 11) is -1.56. The van der Waals surface area contributed by atoms with E-state index in [1.807, 2.05) is 24.3 Å². The van der Waals surface area contributed by atoms with Gasteiger partial charge in [-0.1, -0.05) is 0 Å². The van der Waals surface area contributed by atoms with Gasteiger partial charge in [0.1, 0.15) is 19.0 Å². The van der Waals surface area contributed by atoms with E-state index in [0.717, 1.165) is 5.56 Å². The summed E-state index contributed by atoms with van der Waals surface area (Å²) in [6.45, 7) is 2.72. The van der Waals surface area contributed by atoms with E-state index in [4.69, 9.17) is 19.2 Å². The molecule has 4 aromatic rings. The Labute approximate surface area is 219 Å². The molecular weight excluding hydrogens is 508 g/mol. The Morgan fingerprint density at radius 3 is 2.55 bits per heavy atom. The van der Waals surface area contributed by atoms with E-state index < -0.39 is 9.84 Å². The van der Waals surface area contributed by atoms with Crippen LogP contribution in [0.15, 0.2) is 48.5 Å². The molecule has 2 aromatic heterocycles. The molecule has 2 aliphatic heterocycles. The summed E-state index contributed by atoms with van der Waals surface area (Å²) in [6.07, 6.45) is 0.450. The summed E-state index contributed by atoms with van der Waals surface area (Å²) in [4.78, 5) is 18.6. The predicted molar refractivity (Wildman–Crippen MR) is 142 cm³/mol. The van der Waals surface area contributed by atoms with E-state index >= 15 is 0 Å². The van der Waals surface area contributed by atoms with Crippen molar-refractivity contribution in [3.8, 4) is 28.5 Å². The van der Waals surface area contributed by atoms with Gasteiger partial charge in [0.15, 0.2) is 27.0 Å². The van der Waals surface area contributed by atoms with Crippen LogP contribution in [-0.4, -0.2) is 60.9 Å². The van der Waals surface area contributed by atoms with E-state index in [1.54, 1.807) is 43.0 Å². The molecule has 6 rings (SSSR count). The van der Waals surface area contributed by atoms with Gasteiger partial charge in [-0.3, -0.25) is 4.79 Å². The molecule has 1 amide bonds. The number of benzene rings is 2. The number of amides is 1. The SMILES string of the molecule is COc1ccc(-c2cc(C(=O)Nc3ccc4c(c3)OCCO4)c3c(C)nn(C4CCS(=O)(=O)C4)c3n2)cc1. The largest absolute Gasteiger partial charge is 0.497 e. The lowest BCUT2D eigenvalue weighted by atomic mass is 10.0. The lowest BCUT2D eigenvalue weighted by Crippen LogP contribution is -2.17. The quantitative estimate of drug-likeness (QED) is 0.410. The number of hydrogen-bond donors (Lipinski definition) is 1. The smallest absolute Gasteiger partial charge is 0.256 e. The molecule has 196 valence electrons. The van der Waals surface area contributed by atoms with Gasteiger partial charge in [0.05, 0.1) is 47.0 Å². The van der Waals surface area contributed by atoms with Crippen LogP contribution in [0, 0.1) is 6.92 Å². The number of rotatable bonds is 5. The number of aryl methyl sites for hydroxylation is 1. The summed E-state index contributed by atoms with van der Waals surface area (Å²) in [5.41, 5.74) is 3.37. The Kier molecular flexibility index (Phi) is 5.94. The highest BCUT2D eigenvalue weighted by Crippen LogP contribution is 2.35. The number of anilines is 1. The average molecular weight is 535 g/mol. The van der Waals surface area contributed by atoms with Crippen LogP contribution in [0.1, 0.15) is 28.5 Å². The topological polar surface area (TPSA) is 122 Å². The molecule has 0 saturated carbocycles. The zero-order chi connectivity index (χ0) is 26.4. The molecule has 0 bridgehead atoms. The molecule has 2 aliphatic rings. The van der Waals surface area contributed by atoms with Gasteiger partial charge in [0.2, 0.25) is 0 Å². The number of sulfone groups is 1. The van der Waals surface area contributed by atoms with Crippen molar-refractivity contribution < 1.29 is 27.4 Å². The summed E-state index contributed by atoms with van der Waals surface area (Å²) < 4.78 is 42.6. The standard InChI is InChI=1S/C27H26N4O6S/c1-16-25-21(27(32)28-18-5-8-23-24(13-18)37-11-10-36-23)14-22(17-3-6-20(35-2)7-4-17)29-26(25)31(30-16)19-9-12-38(33,34)15-19/h3-8,13-14,19H,9-12,15H2,1-2H3,(H,28,32). The first-order valence-electron chi connectivity index (χ1n) is 12.3. The number of aromatic nitrogens is 3. The van der Waals surface area contributed by atoms with Crippen molar-refractivity contribution in [2.75, 3.05) is 37.1 Å². The molecule has 0 radical (unpaired) electrons. The Morgan fingerprint density at radius 1 is 1.08 bits per heavy atom. The highest BCUT2D eigenvalue weighted by atomic mass is 32.2. The molecule has 1 unspecified atom stereocenters. The number of nitrogens with zero attached hydrogens (tertiary/aromatic N) is 3.